The molecular weight excluding hydrogens is 288 g/mol. The highest BCUT2D eigenvalue weighted by molar-refractivity contribution is 8.24. The van der Waals surface area contributed by atoms with E-state index in [1.165, 1.54) is 0 Å². The minimum Gasteiger partial charge on any atom is -0.298 e. The summed E-state index contributed by atoms with van der Waals surface area (Å²) in [5.41, 5.74) is 3.34. The van der Waals surface area contributed by atoms with E-state index in [-0.39, 0.29) is 0 Å². The van der Waals surface area contributed by atoms with Crippen LogP contribution in [0.3, 0.4) is 0 Å². The average molecular weight is 304 g/mol. The minimum absolute atomic E-state index is 0.542. The van der Waals surface area contributed by atoms with Gasteiger partial charge in [0.2, 0.25) is 0 Å². The van der Waals surface area contributed by atoms with Gasteiger partial charge < -0.3 is 0 Å². The summed E-state index contributed by atoms with van der Waals surface area (Å²) < 4.78 is 24.2. The minimum atomic E-state index is -2.91. The molecule has 0 atom stereocenters. The van der Waals surface area contributed by atoms with Gasteiger partial charge in [-0.15, -0.1) is 0 Å². The Kier molecular flexibility index (Phi) is 3.69. The first-order chi connectivity index (χ1) is 10.1. The van der Waals surface area contributed by atoms with Crippen molar-refractivity contribution in [3.05, 3.63) is 54.1 Å². The molecule has 0 spiro atoms. The number of nitrogens with zero attached hydrogens (tertiary/aromatic N) is 1. The van der Waals surface area contributed by atoms with Crippen LogP contribution in [-0.4, -0.2) is 28.5 Å². The van der Waals surface area contributed by atoms with Crippen LogP contribution in [0.15, 0.2) is 48.5 Å². The molecule has 3 N–H and O–H groups in total. The van der Waals surface area contributed by atoms with Crippen LogP contribution in [-0.2, 0) is 0 Å². The zero-order chi connectivity index (χ0) is 14.9. The van der Waals surface area contributed by atoms with E-state index >= 15 is 0 Å². The standard InChI is InChI=1S/C15H16N2O3S/c18-11-12-4-6-13(7-5-12)14-2-1-3-15(10-14)17-9-8-16-21(17,19)20/h1-7,10-11,16,19-20H,8-9H2. The topological polar surface area (TPSA) is 72.8 Å². The van der Waals surface area contributed by atoms with Crippen molar-refractivity contribution < 1.29 is 13.9 Å². The van der Waals surface area contributed by atoms with E-state index in [1.54, 1.807) is 16.4 Å². The summed E-state index contributed by atoms with van der Waals surface area (Å²) in [6.45, 7) is 1.09. The van der Waals surface area contributed by atoms with Gasteiger partial charge >= 0.3 is 0 Å². The van der Waals surface area contributed by atoms with E-state index in [2.05, 4.69) is 4.72 Å². The van der Waals surface area contributed by atoms with Gasteiger partial charge in [0.1, 0.15) is 6.29 Å². The second-order valence-electron chi connectivity index (χ2n) is 4.81. The Hall–Kier alpha value is -1.86. The van der Waals surface area contributed by atoms with Crippen LogP contribution in [0.4, 0.5) is 5.69 Å². The Labute approximate surface area is 124 Å². The molecule has 1 heterocycles. The third-order valence-corrected chi connectivity index (χ3v) is 5.03. The predicted molar refractivity (Wildman–Crippen MR) is 85.5 cm³/mol. The molecule has 3 rings (SSSR count). The van der Waals surface area contributed by atoms with Crippen molar-refractivity contribution in [3.63, 3.8) is 0 Å². The highest BCUT2D eigenvalue weighted by atomic mass is 32.3. The molecular formula is C15H16N2O3S. The van der Waals surface area contributed by atoms with Crippen LogP contribution in [0, 0.1) is 0 Å². The molecule has 110 valence electrons. The summed E-state index contributed by atoms with van der Waals surface area (Å²) in [4.78, 5) is 10.7. The van der Waals surface area contributed by atoms with E-state index < -0.39 is 11.0 Å². The number of hydrogen-bond donors (Lipinski definition) is 3. The van der Waals surface area contributed by atoms with Crippen LogP contribution in [0.1, 0.15) is 10.4 Å². The second kappa shape index (κ2) is 5.50. The number of aldehydes is 1. The molecule has 1 aliphatic heterocycles. The third kappa shape index (κ3) is 2.79. The van der Waals surface area contributed by atoms with E-state index in [4.69, 9.17) is 0 Å². The number of anilines is 1. The maximum absolute atomic E-state index is 10.7. The second-order valence-corrected chi connectivity index (χ2v) is 6.57. The van der Waals surface area contributed by atoms with Crippen molar-refractivity contribution >= 4 is 22.9 Å². The molecule has 0 aromatic heterocycles. The molecule has 0 bridgehead atoms. The lowest BCUT2D eigenvalue weighted by atomic mass is 10.0. The number of rotatable bonds is 3. The molecule has 1 aliphatic rings. The molecule has 21 heavy (non-hydrogen) atoms. The number of nitrogens with one attached hydrogen (secondary N) is 1. The van der Waals surface area contributed by atoms with Gasteiger partial charge in [0.05, 0.1) is 12.2 Å². The first-order valence-corrected chi connectivity index (χ1v) is 8.07. The fraction of sp³-hybridized carbons (Fsp3) is 0.133. The van der Waals surface area contributed by atoms with E-state index in [0.29, 0.717) is 18.7 Å². The third-order valence-electron chi connectivity index (χ3n) is 3.43. The molecule has 0 aliphatic carbocycles. The molecule has 5 nitrogen and oxygen atoms in total. The Morgan fingerprint density at radius 1 is 1.10 bits per heavy atom. The van der Waals surface area contributed by atoms with Crippen molar-refractivity contribution in [2.24, 2.45) is 0 Å². The van der Waals surface area contributed by atoms with Gasteiger partial charge in [-0.05, 0) is 23.3 Å². The largest absolute Gasteiger partial charge is 0.298 e. The monoisotopic (exact) mass is 304 g/mol. The first-order valence-electron chi connectivity index (χ1n) is 6.56. The normalized spacial score (nSPS) is 18.5. The SMILES string of the molecule is O=Cc1ccc(-c2cccc(N3CCNS3(O)O)c2)cc1. The lowest BCUT2D eigenvalue weighted by Gasteiger charge is -2.37. The predicted octanol–water partition coefficient (Wildman–Crippen LogP) is 3.16. The number of carbonyl (C=O) groups is 1. The molecule has 2 aromatic rings. The van der Waals surface area contributed by atoms with Crippen molar-refractivity contribution in [2.75, 3.05) is 17.4 Å². The maximum Gasteiger partial charge on any atom is 0.150 e. The van der Waals surface area contributed by atoms with Crippen LogP contribution in [0.25, 0.3) is 11.1 Å². The highest BCUT2D eigenvalue weighted by Gasteiger charge is 2.28. The molecule has 1 fully saturated rings. The molecule has 0 radical (unpaired) electrons. The summed E-state index contributed by atoms with van der Waals surface area (Å²) >= 11 is 0. The zero-order valence-electron chi connectivity index (χ0n) is 11.3. The van der Waals surface area contributed by atoms with Crippen molar-refractivity contribution in [2.45, 2.75) is 0 Å². The maximum atomic E-state index is 10.7. The summed E-state index contributed by atoms with van der Waals surface area (Å²) in [6, 6.07) is 14.9. The highest BCUT2D eigenvalue weighted by Crippen LogP contribution is 2.45. The van der Waals surface area contributed by atoms with Gasteiger partial charge in [-0.2, -0.15) is 4.72 Å². The van der Waals surface area contributed by atoms with Crippen molar-refractivity contribution in [3.8, 4) is 11.1 Å². The van der Waals surface area contributed by atoms with Gasteiger partial charge in [-0.25, -0.2) is 0 Å². The summed E-state index contributed by atoms with van der Waals surface area (Å²) in [5.74, 6) is 0. The Morgan fingerprint density at radius 2 is 1.86 bits per heavy atom. The smallest absolute Gasteiger partial charge is 0.150 e. The lowest BCUT2D eigenvalue weighted by Crippen LogP contribution is -2.25. The first kappa shape index (κ1) is 14.1. The summed E-state index contributed by atoms with van der Waals surface area (Å²) in [5, 5.41) is 0. The molecule has 0 unspecified atom stereocenters. The lowest BCUT2D eigenvalue weighted by molar-refractivity contribution is 0.112. The summed E-state index contributed by atoms with van der Waals surface area (Å²) in [7, 11) is -2.91. The zero-order valence-corrected chi connectivity index (χ0v) is 12.1. The van der Waals surface area contributed by atoms with E-state index in [0.717, 1.165) is 23.1 Å². The van der Waals surface area contributed by atoms with Gasteiger partial charge in [0.15, 0.2) is 0 Å². The van der Waals surface area contributed by atoms with Gasteiger partial charge in [-0.1, -0.05) is 47.4 Å². The number of carbonyl (C=O) groups excluding carboxylic acids is 1. The van der Waals surface area contributed by atoms with Crippen molar-refractivity contribution in [1.29, 1.82) is 0 Å². The van der Waals surface area contributed by atoms with E-state index in [1.807, 2.05) is 36.4 Å². The summed E-state index contributed by atoms with van der Waals surface area (Å²) in [6.07, 6.45) is 0.811. The Bertz CT molecular complexity index is 658. The molecule has 2 aromatic carbocycles. The average Bonchev–Trinajstić information content (AvgIpc) is 2.87. The van der Waals surface area contributed by atoms with Gasteiger partial charge in [0, 0.05) is 12.1 Å². The number of benzene rings is 2. The Balaban J connectivity index is 1.94. The number of hydrogen-bond acceptors (Lipinski definition) is 5. The van der Waals surface area contributed by atoms with Crippen LogP contribution < -0.4 is 9.03 Å². The molecule has 6 heteroatoms. The van der Waals surface area contributed by atoms with Crippen LogP contribution >= 0.6 is 11.0 Å². The van der Waals surface area contributed by atoms with Crippen molar-refractivity contribution in [1.82, 2.24) is 4.72 Å². The fourth-order valence-electron chi connectivity index (χ4n) is 2.36. The van der Waals surface area contributed by atoms with Gasteiger partial charge in [0.25, 0.3) is 0 Å². The van der Waals surface area contributed by atoms with Crippen LogP contribution in [0.5, 0.6) is 0 Å². The van der Waals surface area contributed by atoms with Gasteiger partial charge in [-0.3, -0.25) is 18.2 Å². The molecule has 0 amide bonds. The molecule has 1 saturated heterocycles. The fourth-order valence-corrected chi connectivity index (χ4v) is 3.63. The Morgan fingerprint density at radius 3 is 2.48 bits per heavy atom. The quantitative estimate of drug-likeness (QED) is 0.760. The van der Waals surface area contributed by atoms with Crippen LogP contribution in [0.2, 0.25) is 0 Å². The molecule has 0 saturated carbocycles. The van der Waals surface area contributed by atoms with E-state index in [9.17, 15) is 13.9 Å².